The summed E-state index contributed by atoms with van der Waals surface area (Å²) in [5.41, 5.74) is 0.481. The molecule has 13 heavy (non-hydrogen) atoms. The van der Waals surface area contributed by atoms with Gasteiger partial charge >= 0.3 is 5.97 Å². The summed E-state index contributed by atoms with van der Waals surface area (Å²) in [6.45, 7) is 2.18. The summed E-state index contributed by atoms with van der Waals surface area (Å²) in [7, 11) is 0. The molecule has 0 aliphatic carbocycles. The number of hydrogen-bond donors (Lipinski definition) is 0. The second-order valence-electron chi connectivity index (χ2n) is 2.00. The summed E-state index contributed by atoms with van der Waals surface area (Å²) in [5.74, 6) is -0.312. The molecule has 0 heterocycles. The monoisotopic (exact) mass is 340 g/mol. The van der Waals surface area contributed by atoms with Gasteiger partial charge in [-0.2, -0.15) is 0 Å². The summed E-state index contributed by atoms with van der Waals surface area (Å²) < 4.78 is 4.76. The van der Waals surface area contributed by atoms with Crippen LogP contribution in [0.25, 0.3) is 0 Å². The van der Waals surface area contributed by atoms with Crippen LogP contribution in [0, 0.1) is 6.07 Å². The van der Waals surface area contributed by atoms with Crippen molar-refractivity contribution in [3.63, 3.8) is 0 Å². The Morgan fingerprint density at radius 2 is 2.23 bits per heavy atom. The van der Waals surface area contributed by atoms with Gasteiger partial charge in [-0.25, -0.2) is 4.79 Å². The number of benzene rings is 1. The molecule has 2 nitrogen and oxygen atoms in total. The van der Waals surface area contributed by atoms with E-state index in [1.807, 2.05) is 6.07 Å². The number of rotatable bonds is 2. The molecular weight excluding hydrogens is 332 g/mol. The molecule has 0 aromatic heterocycles. The minimum absolute atomic E-state index is 0. The Labute approximate surface area is 108 Å². The average Bonchev–Trinajstić information content (AvgIpc) is 2.07. The molecule has 1 radical (unpaired) electrons. The van der Waals surface area contributed by atoms with E-state index in [1.165, 1.54) is 0 Å². The van der Waals surface area contributed by atoms with Gasteiger partial charge in [-0.1, -0.05) is 18.2 Å². The maximum absolute atomic E-state index is 11.0. The minimum Gasteiger partial charge on any atom is -1.00 e. The molecule has 1 rings (SSSR count). The zero-order valence-electron chi connectivity index (χ0n) is 7.42. The molecule has 0 spiro atoms. The third-order valence-electron chi connectivity index (χ3n) is 1.20. The van der Waals surface area contributed by atoms with Crippen molar-refractivity contribution in [2.75, 3.05) is 6.61 Å². The molecule has 0 aliphatic rings. The molecule has 67 valence electrons. The van der Waals surface area contributed by atoms with Crippen LogP contribution in [0.5, 0.6) is 0 Å². The van der Waals surface area contributed by atoms with Crippen molar-refractivity contribution < 1.29 is 53.0 Å². The summed E-state index contributed by atoms with van der Waals surface area (Å²) in [6.07, 6.45) is 0. The molecule has 0 saturated heterocycles. The second-order valence-corrected chi connectivity index (χ2v) is 2.00. The van der Waals surface area contributed by atoms with Crippen molar-refractivity contribution >= 4 is 5.97 Å². The Kier molecular flexibility index (Phi) is 10.3. The standard InChI is InChI=1S/C9H9O2.HI.Zn/c1-2-11-9(10)8-6-4-3-5-7-8;;/h3-6H,2H2,1H3;1H;/p-1. The fourth-order valence-corrected chi connectivity index (χ4v) is 0.729. The van der Waals surface area contributed by atoms with Crippen molar-refractivity contribution in [2.45, 2.75) is 6.92 Å². The van der Waals surface area contributed by atoms with Crippen LogP contribution in [0.15, 0.2) is 24.3 Å². The van der Waals surface area contributed by atoms with Crippen LogP contribution in [-0.2, 0) is 24.2 Å². The summed E-state index contributed by atoms with van der Waals surface area (Å²) in [4.78, 5) is 11.0. The Bertz CT molecular complexity index is 239. The molecule has 0 aliphatic heterocycles. The van der Waals surface area contributed by atoms with E-state index in [-0.39, 0.29) is 49.4 Å². The van der Waals surface area contributed by atoms with E-state index in [9.17, 15) is 4.79 Å². The van der Waals surface area contributed by atoms with E-state index in [0.717, 1.165) is 0 Å². The molecule has 1 aromatic carbocycles. The van der Waals surface area contributed by atoms with Crippen molar-refractivity contribution in [2.24, 2.45) is 0 Å². The third-order valence-corrected chi connectivity index (χ3v) is 1.20. The fraction of sp³-hybridized carbons (Fsp3) is 0.222. The normalized spacial score (nSPS) is 7.77. The van der Waals surface area contributed by atoms with Crippen LogP contribution >= 0.6 is 0 Å². The fourth-order valence-electron chi connectivity index (χ4n) is 0.729. The van der Waals surface area contributed by atoms with Crippen molar-refractivity contribution in [1.82, 2.24) is 0 Å². The van der Waals surface area contributed by atoms with Crippen LogP contribution in [-0.4, -0.2) is 12.6 Å². The Morgan fingerprint density at radius 1 is 1.54 bits per heavy atom. The zero-order chi connectivity index (χ0) is 8.10. The summed E-state index contributed by atoms with van der Waals surface area (Å²) in [6, 6.07) is 9.73. The van der Waals surface area contributed by atoms with Gasteiger partial charge in [0.15, 0.2) is 0 Å². The molecule has 0 N–H and O–H groups in total. The predicted molar refractivity (Wildman–Crippen MR) is 41.2 cm³/mol. The van der Waals surface area contributed by atoms with Crippen LogP contribution < -0.4 is 24.0 Å². The second kappa shape index (κ2) is 8.63. The molecular formula is C9H9IO2Zn-. The van der Waals surface area contributed by atoms with Gasteiger partial charge < -0.3 is 28.7 Å². The first kappa shape index (κ1) is 15.5. The maximum Gasteiger partial charge on any atom is 0.338 e. The Hall–Kier alpha value is 0.0434. The predicted octanol–water partition coefficient (Wildman–Crippen LogP) is -1.34. The first-order valence-electron chi connectivity index (χ1n) is 3.48. The van der Waals surface area contributed by atoms with Crippen molar-refractivity contribution in [3.8, 4) is 0 Å². The number of carbonyl (C=O) groups excluding carboxylic acids is 1. The SMILES string of the molecule is CCOC(=O)c1[c]cccc1.[I-].[Zn]. The third kappa shape index (κ3) is 5.37. The maximum atomic E-state index is 11.0. The largest absolute Gasteiger partial charge is 1.00 e. The summed E-state index contributed by atoms with van der Waals surface area (Å²) in [5, 5.41) is 0. The van der Waals surface area contributed by atoms with Crippen LogP contribution in [0.1, 0.15) is 17.3 Å². The quantitative estimate of drug-likeness (QED) is 0.378. The first-order chi connectivity index (χ1) is 5.34. The van der Waals surface area contributed by atoms with Crippen LogP contribution in [0.3, 0.4) is 0 Å². The van der Waals surface area contributed by atoms with Crippen LogP contribution in [0.4, 0.5) is 0 Å². The van der Waals surface area contributed by atoms with Gasteiger partial charge in [0.25, 0.3) is 0 Å². The van der Waals surface area contributed by atoms with Crippen molar-refractivity contribution in [1.29, 1.82) is 0 Å². The number of carbonyl (C=O) groups is 1. The molecule has 0 amide bonds. The smallest absolute Gasteiger partial charge is 0.338 e. The molecule has 4 heteroatoms. The molecule has 0 atom stereocenters. The van der Waals surface area contributed by atoms with Gasteiger partial charge in [-0.15, -0.1) is 0 Å². The van der Waals surface area contributed by atoms with E-state index >= 15 is 0 Å². The average molecular weight is 341 g/mol. The van der Waals surface area contributed by atoms with Crippen molar-refractivity contribution in [3.05, 3.63) is 35.9 Å². The number of hydrogen-bond acceptors (Lipinski definition) is 2. The molecule has 0 saturated carbocycles. The van der Waals surface area contributed by atoms with Gasteiger partial charge in [0, 0.05) is 19.5 Å². The number of ether oxygens (including phenoxy) is 1. The summed E-state index contributed by atoms with van der Waals surface area (Å²) >= 11 is 0. The van der Waals surface area contributed by atoms with E-state index in [2.05, 4.69) is 6.07 Å². The Morgan fingerprint density at radius 3 is 2.69 bits per heavy atom. The van der Waals surface area contributed by atoms with E-state index in [0.29, 0.717) is 12.2 Å². The topological polar surface area (TPSA) is 26.3 Å². The van der Waals surface area contributed by atoms with E-state index < -0.39 is 0 Å². The number of halogens is 1. The van der Waals surface area contributed by atoms with Crippen LogP contribution in [0.2, 0.25) is 0 Å². The van der Waals surface area contributed by atoms with Gasteiger partial charge in [0.2, 0.25) is 0 Å². The van der Waals surface area contributed by atoms with Gasteiger partial charge in [0.05, 0.1) is 12.2 Å². The molecule has 0 unspecified atom stereocenters. The Balaban J connectivity index is 0. The van der Waals surface area contributed by atoms with E-state index in [4.69, 9.17) is 4.74 Å². The van der Waals surface area contributed by atoms with E-state index in [1.54, 1.807) is 25.1 Å². The zero-order valence-corrected chi connectivity index (χ0v) is 12.5. The number of esters is 1. The first-order valence-corrected chi connectivity index (χ1v) is 3.48. The van der Waals surface area contributed by atoms with Gasteiger partial charge in [-0.05, 0) is 19.1 Å². The minimum atomic E-state index is -0.312. The van der Waals surface area contributed by atoms with Gasteiger partial charge in [-0.3, -0.25) is 0 Å². The molecule has 0 bridgehead atoms. The van der Waals surface area contributed by atoms with Gasteiger partial charge in [0.1, 0.15) is 0 Å². The molecule has 1 aromatic rings. The molecule has 0 fully saturated rings.